The number of rotatable bonds is 4. The first-order valence-electron chi connectivity index (χ1n) is 3.41. The topological polar surface area (TPSA) is 69.0 Å². The summed E-state index contributed by atoms with van der Waals surface area (Å²) >= 11 is 0. The fourth-order valence-corrected chi connectivity index (χ4v) is 0.572. The van der Waals surface area contributed by atoms with Crippen LogP contribution < -0.4 is 0 Å². The summed E-state index contributed by atoms with van der Waals surface area (Å²) < 4.78 is 0. The molecule has 0 aromatic heterocycles. The molecule has 10 heavy (non-hydrogen) atoms. The van der Waals surface area contributed by atoms with Crippen LogP contribution in [0.4, 0.5) is 0 Å². The van der Waals surface area contributed by atoms with E-state index in [1.54, 1.807) is 0 Å². The van der Waals surface area contributed by atoms with Gasteiger partial charge in [0.25, 0.3) is 0 Å². The van der Waals surface area contributed by atoms with Crippen LogP contribution in [0.5, 0.6) is 0 Å². The third-order valence-corrected chi connectivity index (χ3v) is 1.63. The monoisotopic (exact) mass is 143 g/mol. The van der Waals surface area contributed by atoms with Gasteiger partial charge in [-0.2, -0.15) is 0 Å². The molecule has 0 rings (SSSR count). The van der Waals surface area contributed by atoms with E-state index in [4.69, 9.17) is 5.53 Å². The van der Waals surface area contributed by atoms with Crippen LogP contribution >= 0.6 is 0 Å². The Hall–Kier alpha value is -0.730. The highest BCUT2D eigenvalue weighted by Crippen LogP contribution is 2.06. The van der Waals surface area contributed by atoms with Crippen molar-refractivity contribution in [1.29, 1.82) is 0 Å². The predicted octanol–water partition coefficient (Wildman–Crippen LogP) is 1.70. The van der Waals surface area contributed by atoms with Gasteiger partial charge in [-0.15, -0.1) is 0 Å². The molecule has 0 fully saturated rings. The third-order valence-electron chi connectivity index (χ3n) is 1.63. The van der Waals surface area contributed by atoms with Gasteiger partial charge in [0.2, 0.25) is 0 Å². The van der Waals surface area contributed by atoms with E-state index in [1.807, 2.05) is 13.8 Å². The highest BCUT2D eigenvalue weighted by molar-refractivity contribution is 4.65. The summed E-state index contributed by atoms with van der Waals surface area (Å²) in [5.41, 5.74) is 7.92. The van der Waals surface area contributed by atoms with E-state index < -0.39 is 6.10 Å². The zero-order valence-corrected chi connectivity index (χ0v) is 6.36. The zero-order valence-electron chi connectivity index (χ0n) is 6.36. The molecule has 58 valence electrons. The van der Waals surface area contributed by atoms with Crippen LogP contribution in [0.1, 0.15) is 20.3 Å². The van der Waals surface area contributed by atoms with Crippen molar-refractivity contribution in [2.24, 2.45) is 11.0 Å². The minimum Gasteiger partial charge on any atom is -0.393 e. The maximum atomic E-state index is 9.18. The van der Waals surface area contributed by atoms with Crippen LogP contribution in [0.2, 0.25) is 0 Å². The van der Waals surface area contributed by atoms with Gasteiger partial charge in [0, 0.05) is 4.91 Å². The Morgan fingerprint density at radius 3 is 2.70 bits per heavy atom. The normalized spacial score (nSPS) is 15.5. The van der Waals surface area contributed by atoms with Crippen molar-refractivity contribution < 1.29 is 5.11 Å². The average Bonchev–Trinajstić information content (AvgIpc) is 1.98. The lowest BCUT2D eigenvalue weighted by atomic mass is 10.0. The molecular weight excluding hydrogens is 130 g/mol. The standard InChI is InChI=1S/C6H13N3O/c1-3-5(2)6(10)4-8-9-7/h5-6,10H,3-4H2,1-2H3. The zero-order chi connectivity index (χ0) is 7.98. The Kier molecular flexibility index (Phi) is 4.72. The molecule has 1 N–H and O–H groups in total. The molecule has 4 nitrogen and oxygen atoms in total. The fraction of sp³-hybridized carbons (Fsp3) is 1.00. The lowest BCUT2D eigenvalue weighted by Gasteiger charge is -2.13. The molecule has 0 aliphatic heterocycles. The van der Waals surface area contributed by atoms with E-state index >= 15 is 0 Å². The van der Waals surface area contributed by atoms with Crippen LogP contribution in [0.15, 0.2) is 5.11 Å². The Balaban J connectivity index is 3.60. The van der Waals surface area contributed by atoms with Gasteiger partial charge in [0.05, 0.1) is 12.6 Å². The highest BCUT2D eigenvalue weighted by atomic mass is 16.3. The summed E-state index contributed by atoms with van der Waals surface area (Å²) in [5, 5.41) is 12.5. The number of aliphatic hydroxyl groups is 1. The van der Waals surface area contributed by atoms with Gasteiger partial charge in [-0.3, -0.25) is 0 Å². The molecule has 0 aliphatic rings. The van der Waals surface area contributed by atoms with Gasteiger partial charge < -0.3 is 5.11 Å². The van der Waals surface area contributed by atoms with Crippen LogP contribution in [0.25, 0.3) is 10.4 Å². The summed E-state index contributed by atoms with van der Waals surface area (Å²) in [4.78, 5) is 2.56. The molecule has 2 unspecified atom stereocenters. The lowest BCUT2D eigenvalue weighted by Crippen LogP contribution is -2.19. The van der Waals surface area contributed by atoms with Gasteiger partial charge >= 0.3 is 0 Å². The van der Waals surface area contributed by atoms with Gasteiger partial charge in [0.1, 0.15) is 0 Å². The first kappa shape index (κ1) is 9.27. The van der Waals surface area contributed by atoms with E-state index in [9.17, 15) is 5.11 Å². The van der Waals surface area contributed by atoms with E-state index in [0.717, 1.165) is 6.42 Å². The minimum absolute atomic E-state index is 0.186. The van der Waals surface area contributed by atoms with Crippen molar-refractivity contribution in [2.45, 2.75) is 26.4 Å². The number of nitrogens with zero attached hydrogens (tertiary/aromatic N) is 3. The first-order valence-corrected chi connectivity index (χ1v) is 3.41. The van der Waals surface area contributed by atoms with Gasteiger partial charge in [-0.25, -0.2) is 0 Å². The van der Waals surface area contributed by atoms with Crippen molar-refractivity contribution in [2.75, 3.05) is 6.54 Å². The fourth-order valence-electron chi connectivity index (χ4n) is 0.572. The minimum atomic E-state index is -0.485. The first-order chi connectivity index (χ1) is 4.72. The third kappa shape index (κ3) is 3.33. The molecule has 0 aliphatic carbocycles. The summed E-state index contributed by atoms with van der Waals surface area (Å²) in [6.07, 6.45) is 0.420. The number of azide groups is 1. The van der Waals surface area contributed by atoms with Crippen molar-refractivity contribution >= 4 is 0 Å². The Morgan fingerprint density at radius 1 is 1.70 bits per heavy atom. The molecule has 0 saturated heterocycles. The molecule has 0 saturated carbocycles. The predicted molar refractivity (Wildman–Crippen MR) is 39.5 cm³/mol. The van der Waals surface area contributed by atoms with Crippen LogP contribution in [-0.4, -0.2) is 17.8 Å². The van der Waals surface area contributed by atoms with Crippen LogP contribution in [0, 0.1) is 5.92 Å². The SMILES string of the molecule is CCC(C)C(O)CN=[N+]=[N-]. The van der Waals surface area contributed by atoms with E-state index in [2.05, 4.69) is 10.0 Å². The van der Waals surface area contributed by atoms with Gasteiger partial charge in [-0.1, -0.05) is 25.4 Å². The second kappa shape index (κ2) is 5.09. The largest absolute Gasteiger partial charge is 0.393 e. The Labute approximate surface area is 60.5 Å². The van der Waals surface area contributed by atoms with Crippen molar-refractivity contribution in [3.63, 3.8) is 0 Å². The smallest absolute Gasteiger partial charge is 0.0621 e. The maximum Gasteiger partial charge on any atom is 0.0621 e. The quantitative estimate of drug-likeness (QED) is 0.363. The summed E-state index contributed by atoms with van der Waals surface area (Å²) in [5.74, 6) is 0.213. The Morgan fingerprint density at radius 2 is 2.30 bits per heavy atom. The van der Waals surface area contributed by atoms with Crippen molar-refractivity contribution in [3.8, 4) is 0 Å². The van der Waals surface area contributed by atoms with Crippen molar-refractivity contribution in [3.05, 3.63) is 10.4 Å². The van der Waals surface area contributed by atoms with Gasteiger partial charge in [-0.05, 0) is 11.4 Å². The lowest BCUT2D eigenvalue weighted by molar-refractivity contribution is 0.122. The summed E-state index contributed by atoms with van der Waals surface area (Å²) in [6.45, 7) is 4.10. The molecule has 0 bridgehead atoms. The molecule has 0 amide bonds. The average molecular weight is 143 g/mol. The molecular formula is C6H13N3O. The molecule has 0 aromatic carbocycles. The summed E-state index contributed by atoms with van der Waals surface area (Å²) in [6, 6.07) is 0. The molecule has 2 atom stereocenters. The Bertz CT molecular complexity index is 131. The van der Waals surface area contributed by atoms with E-state index in [1.165, 1.54) is 0 Å². The second-order valence-electron chi connectivity index (χ2n) is 2.37. The molecule has 0 radical (unpaired) electrons. The number of aliphatic hydroxyl groups excluding tert-OH is 1. The molecule has 0 spiro atoms. The molecule has 0 heterocycles. The van der Waals surface area contributed by atoms with E-state index in [-0.39, 0.29) is 12.5 Å². The van der Waals surface area contributed by atoms with E-state index in [0.29, 0.717) is 0 Å². The van der Waals surface area contributed by atoms with Gasteiger partial charge in [0.15, 0.2) is 0 Å². The van der Waals surface area contributed by atoms with Crippen LogP contribution in [-0.2, 0) is 0 Å². The van der Waals surface area contributed by atoms with Crippen LogP contribution in [0.3, 0.4) is 0 Å². The number of hydrogen-bond acceptors (Lipinski definition) is 2. The second-order valence-corrected chi connectivity index (χ2v) is 2.37. The highest BCUT2D eigenvalue weighted by Gasteiger charge is 2.09. The molecule has 0 aromatic rings. The van der Waals surface area contributed by atoms with Crippen molar-refractivity contribution in [1.82, 2.24) is 0 Å². The maximum absolute atomic E-state index is 9.18. The number of hydrogen-bond donors (Lipinski definition) is 1. The molecule has 4 heteroatoms. The summed E-state index contributed by atoms with van der Waals surface area (Å²) in [7, 11) is 0.